The zero-order valence-corrected chi connectivity index (χ0v) is 9.43. The predicted octanol–water partition coefficient (Wildman–Crippen LogP) is 2.33. The summed E-state index contributed by atoms with van der Waals surface area (Å²) in [6.07, 6.45) is 0. The van der Waals surface area contributed by atoms with Crippen LogP contribution in [0.15, 0.2) is 12.1 Å². The Hall–Kier alpha value is -0.620. The van der Waals surface area contributed by atoms with Crippen molar-refractivity contribution in [2.45, 2.75) is 12.0 Å². The largest absolute Gasteiger partial charge is 0.506 e. The van der Waals surface area contributed by atoms with Gasteiger partial charge in [-0.25, -0.2) is 8.78 Å². The van der Waals surface area contributed by atoms with E-state index in [-0.39, 0.29) is 15.6 Å². The maximum absolute atomic E-state index is 13.1. The van der Waals surface area contributed by atoms with Gasteiger partial charge < -0.3 is 15.9 Å². The third-order valence-electron chi connectivity index (χ3n) is 2.06. The average molecular weight is 272 g/mol. The number of benzene rings is 1. The first kappa shape index (κ1) is 13.4. The van der Waals surface area contributed by atoms with Crippen LogP contribution in [0.3, 0.4) is 0 Å². The van der Waals surface area contributed by atoms with Crippen molar-refractivity contribution in [3.63, 3.8) is 0 Å². The first-order valence-corrected chi connectivity index (χ1v) is 4.97. The normalized spacial score (nSPS) is 13.9. The molecule has 0 unspecified atom stereocenters. The second-order valence-corrected chi connectivity index (χ2v) is 4.07. The lowest BCUT2D eigenvalue weighted by atomic mass is 10.0. The van der Waals surface area contributed by atoms with Crippen LogP contribution in [0, 0.1) is 0 Å². The van der Waals surface area contributed by atoms with Gasteiger partial charge in [-0.15, -0.1) is 0 Å². The molecule has 0 amide bonds. The average Bonchev–Trinajstić information content (AvgIpc) is 2.22. The van der Waals surface area contributed by atoms with Crippen LogP contribution in [0.25, 0.3) is 0 Å². The molecule has 0 heterocycles. The highest BCUT2D eigenvalue weighted by Gasteiger charge is 2.39. The summed E-state index contributed by atoms with van der Waals surface area (Å²) in [5.41, 5.74) is 4.93. The summed E-state index contributed by atoms with van der Waals surface area (Å²) < 4.78 is 26.2. The lowest BCUT2D eigenvalue weighted by Crippen LogP contribution is -2.36. The molecular formula is C9H9Cl2F2NO2. The molecule has 0 aliphatic rings. The number of alkyl halides is 2. The van der Waals surface area contributed by atoms with Crippen LogP contribution < -0.4 is 5.73 Å². The molecule has 0 radical (unpaired) electrons. The van der Waals surface area contributed by atoms with Crippen molar-refractivity contribution >= 4 is 23.2 Å². The number of halogens is 4. The molecule has 0 aromatic heterocycles. The van der Waals surface area contributed by atoms with Crippen LogP contribution in [0.4, 0.5) is 8.78 Å². The Morgan fingerprint density at radius 2 is 1.94 bits per heavy atom. The van der Waals surface area contributed by atoms with Gasteiger partial charge in [-0.1, -0.05) is 23.2 Å². The smallest absolute Gasteiger partial charge is 0.289 e. The Kier molecular flexibility index (Phi) is 3.96. The molecule has 1 rings (SSSR count). The Labute approximate surface area is 100 Å². The second-order valence-electron chi connectivity index (χ2n) is 3.22. The van der Waals surface area contributed by atoms with E-state index in [1.54, 1.807) is 0 Å². The number of aromatic hydroxyl groups is 1. The minimum atomic E-state index is -3.56. The highest BCUT2D eigenvalue weighted by atomic mass is 35.5. The van der Waals surface area contributed by atoms with Crippen LogP contribution in [0.1, 0.15) is 11.6 Å². The van der Waals surface area contributed by atoms with Crippen molar-refractivity contribution in [1.82, 2.24) is 0 Å². The predicted molar refractivity (Wildman–Crippen MR) is 57.1 cm³/mol. The van der Waals surface area contributed by atoms with Crippen LogP contribution in [0.5, 0.6) is 5.75 Å². The second kappa shape index (κ2) is 4.71. The fourth-order valence-electron chi connectivity index (χ4n) is 1.15. The maximum Gasteiger partial charge on any atom is 0.289 e. The number of nitrogens with two attached hydrogens (primary N) is 1. The zero-order valence-electron chi connectivity index (χ0n) is 7.92. The molecule has 1 atom stereocenters. The summed E-state index contributed by atoms with van der Waals surface area (Å²) in [4.78, 5) is 0. The van der Waals surface area contributed by atoms with Crippen molar-refractivity contribution < 1.29 is 19.0 Å². The van der Waals surface area contributed by atoms with Gasteiger partial charge in [0.2, 0.25) is 0 Å². The number of hydrogen-bond acceptors (Lipinski definition) is 3. The number of hydrogen-bond donors (Lipinski definition) is 3. The van der Waals surface area contributed by atoms with E-state index >= 15 is 0 Å². The van der Waals surface area contributed by atoms with E-state index in [2.05, 4.69) is 0 Å². The summed E-state index contributed by atoms with van der Waals surface area (Å²) in [6, 6.07) is 0.400. The van der Waals surface area contributed by atoms with Gasteiger partial charge in [-0.3, -0.25) is 0 Å². The zero-order chi connectivity index (χ0) is 12.5. The van der Waals surface area contributed by atoms with E-state index in [0.29, 0.717) is 0 Å². The quantitative estimate of drug-likeness (QED) is 0.791. The molecule has 90 valence electrons. The van der Waals surface area contributed by atoms with Gasteiger partial charge in [-0.2, -0.15) is 0 Å². The van der Waals surface area contributed by atoms with Gasteiger partial charge in [-0.05, 0) is 12.1 Å². The molecule has 0 aliphatic heterocycles. The maximum atomic E-state index is 13.1. The molecule has 0 fully saturated rings. The van der Waals surface area contributed by atoms with Gasteiger partial charge >= 0.3 is 0 Å². The number of phenols is 1. The fourth-order valence-corrected chi connectivity index (χ4v) is 1.66. The van der Waals surface area contributed by atoms with E-state index in [0.717, 1.165) is 6.07 Å². The first-order chi connectivity index (χ1) is 7.29. The highest BCUT2D eigenvalue weighted by Crippen LogP contribution is 2.39. The molecule has 7 heteroatoms. The molecule has 0 saturated carbocycles. The molecule has 4 N–H and O–H groups in total. The Bertz CT molecular complexity index is 401. The summed E-state index contributed by atoms with van der Waals surface area (Å²) >= 11 is 11.2. The van der Waals surface area contributed by atoms with Gasteiger partial charge in [0.25, 0.3) is 5.92 Å². The number of aliphatic hydroxyl groups excluding tert-OH is 1. The van der Waals surface area contributed by atoms with Crippen molar-refractivity contribution in [1.29, 1.82) is 0 Å². The number of aliphatic hydroxyl groups is 1. The minimum Gasteiger partial charge on any atom is -0.506 e. The monoisotopic (exact) mass is 271 g/mol. The van der Waals surface area contributed by atoms with E-state index in [4.69, 9.17) is 34.0 Å². The number of rotatable bonds is 3. The Morgan fingerprint density at radius 3 is 2.44 bits per heavy atom. The van der Waals surface area contributed by atoms with E-state index < -0.39 is 24.3 Å². The third-order valence-corrected chi connectivity index (χ3v) is 2.56. The van der Waals surface area contributed by atoms with Crippen LogP contribution in [-0.2, 0) is 0 Å². The molecule has 1 aromatic rings. The van der Waals surface area contributed by atoms with Gasteiger partial charge in [0, 0.05) is 10.6 Å². The van der Waals surface area contributed by atoms with Gasteiger partial charge in [0.15, 0.2) is 0 Å². The third kappa shape index (κ3) is 2.55. The van der Waals surface area contributed by atoms with Crippen molar-refractivity contribution in [3.8, 4) is 5.75 Å². The van der Waals surface area contributed by atoms with Crippen LogP contribution >= 0.6 is 23.2 Å². The first-order valence-electron chi connectivity index (χ1n) is 4.21. The van der Waals surface area contributed by atoms with Crippen LogP contribution in [0.2, 0.25) is 10.0 Å². The van der Waals surface area contributed by atoms with Crippen LogP contribution in [-0.4, -0.2) is 22.7 Å². The SMILES string of the molecule is N[C@H](c1cc(Cl)cc(Cl)c1O)C(F)(F)CO. The number of phenolic OH excluding ortho intramolecular Hbond substituents is 1. The summed E-state index contributed by atoms with van der Waals surface area (Å²) in [5, 5.41) is 17.8. The highest BCUT2D eigenvalue weighted by molar-refractivity contribution is 6.35. The standard InChI is InChI=1S/C9H9Cl2F2NO2/c10-4-1-5(7(16)6(11)2-4)8(14)9(12,13)3-15/h1-2,8,15-16H,3,14H2/t8-/m1/s1. The Morgan fingerprint density at radius 1 is 1.38 bits per heavy atom. The molecule has 1 aromatic carbocycles. The molecule has 0 aliphatic carbocycles. The molecular weight excluding hydrogens is 263 g/mol. The summed E-state index contributed by atoms with van der Waals surface area (Å²) in [6.45, 7) is -1.43. The van der Waals surface area contributed by atoms with E-state index in [9.17, 15) is 13.9 Å². The molecule has 0 bridgehead atoms. The minimum absolute atomic E-state index is 0.0713. The van der Waals surface area contributed by atoms with E-state index in [1.165, 1.54) is 6.07 Å². The lowest BCUT2D eigenvalue weighted by molar-refractivity contribution is -0.0715. The topological polar surface area (TPSA) is 66.5 Å². The Balaban J connectivity index is 3.23. The molecule has 16 heavy (non-hydrogen) atoms. The van der Waals surface area contributed by atoms with Gasteiger partial charge in [0.05, 0.1) is 5.02 Å². The lowest BCUT2D eigenvalue weighted by Gasteiger charge is -2.22. The van der Waals surface area contributed by atoms with Crippen molar-refractivity contribution in [3.05, 3.63) is 27.7 Å². The van der Waals surface area contributed by atoms with Crippen molar-refractivity contribution in [2.24, 2.45) is 5.73 Å². The molecule has 0 saturated heterocycles. The van der Waals surface area contributed by atoms with Gasteiger partial charge in [0.1, 0.15) is 18.4 Å². The fraction of sp³-hybridized carbons (Fsp3) is 0.333. The molecule has 0 spiro atoms. The molecule has 3 nitrogen and oxygen atoms in total. The van der Waals surface area contributed by atoms with E-state index in [1.807, 2.05) is 0 Å². The van der Waals surface area contributed by atoms with Crippen molar-refractivity contribution in [2.75, 3.05) is 6.61 Å². The summed E-state index contributed by atoms with van der Waals surface area (Å²) in [7, 11) is 0. The summed E-state index contributed by atoms with van der Waals surface area (Å²) in [5.74, 6) is -4.13.